The number of aldehydes is 1. The molecule has 3 atom stereocenters. The highest BCUT2D eigenvalue weighted by molar-refractivity contribution is 7.42. The van der Waals surface area contributed by atoms with E-state index in [0.29, 0.717) is 25.7 Å². The van der Waals surface area contributed by atoms with Gasteiger partial charge in [-0.1, -0.05) is 17.7 Å². The van der Waals surface area contributed by atoms with E-state index in [1.54, 1.807) is 0 Å². The average molecular weight is 406 g/mol. The van der Waals surface area contributed by atoms with Crippen LogP contribution in [0.4, 0.5) is 0 Å². The minimum atomic E-state index is -1.51. The zero-order chi connectivity index (χ0) is 19.7. The first-order valence-electron chi connectivity index (χ1n) is 8.83. The van der Waals surface area contributed by atoms with Gasteiger partial charge in [0.05, 0.1) is 24.9 Å². The van der Waals surface area contributed by atoms with Crippen molar-refractivity contribution in [2.24, 2.45) is 0 Å². The van der Waals surface area contributed by atoms with Crippen LogP contribution in [-0.2, 0) is 20.4 Å². The molecule has 4 rings (SSSR count). The van der Waals surface area contributed by atoms with Crippen molar-refractivity contribution in [3.05, 3.63) is 61.9 Å². The molecule has 0 saturated carbocycles. The second kappa shape index (κ2) is 7.97. The molecule has 1 N–H and O–H groups in total. The van der Waals surface area contributed by atoms with Crippen LogP contribution in [0.2, 0.25) is 0 Å². The molecular formula is C18H19N2O7P. The first kappa shape index (κ1) is 19.0. The lowest BCUT2D eigenvalue weighted by molar-refractivity contribution is -0.0229. The summed E-state index contributed by atoms with van der Waals surface area (Å²) < 4.78 is 24.2. The van der Waals surface area contributed by atoms with E-state index in [1.165, 1.54) is 10.8 Å². The molecule has 28 heavy (non-hydrogen) atoms. The molecule has 0 amide bonds. The monoisotopic (exact) mass is 406 g/mol. The minimum absolute atomic E-state index is 0.121. The van der Waals surface area contributed by atoms with Gasteiger partial charge in [0.25, 0.3) is 5.56 Å². The molecule has 0 aliphatic carbocycles. The van der Waals surface area contributed by atoms with Crippen LogP contribution in [0.5, 0.6) is 5.75 Å². The molecule has 1 aromatic heterocycles. The summed E-state index contributed by atoms with van der Waals surface area (Å²) in [6.07, 6.45) is 2.02. The lowest BCUT2D eigenvalue weighted by Gasteiger charge is -2.25. The average Bonchev–Trinajstić information content (AvgIpc) is 3.15. The van der Waals surface area contributed by atoms with Gasteiger partial charge in [0.2, 0.25) is 0 Å². The van der Waals surface area contributed by atoms with E-state index in [-0.39, 0.29) is 18.3 Å². The molecule has 2 aliphatic rings. The van der Waals surface area contributed by atoms with Crippen LogP contribution in [0.3, 0.4) is 0 Å². The number of rotatable bonds is 5. The summed E-state index contributed by atoms with van der Waals surface area (Å²) in [6, 6.07) is 5.89. The third-order valence-electron chi connectivity index (χ3n) is 4.60. The van der Waals surface area contributed by atoms with Crippen molar-refractivity contribution in [3.63, 3.8) is 0 Å². The van der Waals surface area contributed by atoms with Crippen LogP contribution in [0.1, 0.15) is 40.6 Å². The molecule has 3 heterocycles. The highest BCUT2D eigenvalue weighted by Gasteiger charge is 2.30. The van der Waals surface area contributed by atoms with E-state index in [9.17, 15) is 14.4 Å². The van der Waals surface area contributed by atoms with Gasteiger partial charge in [0, 0.05) is 11.8 Å². The number of aromatic nitrogens is 2. The molecule has 10 heteroatoms. The lowest BCUT2D eigenvalue weighted by Crippen LogP contribution is -2.34. The molecule has 2 aliphatic heterocycles. The standard InChI is InChI=1S/C18H19N2O7P/c1-11-2-4-15-12(6-11)9-24-28(27-15)25-10-14-3-5-16(26-14)20-7-13(8-21)17(22)19-18(20)23/h2,4,6-8,14,16H,3,5,9-10H2,1H3,(H,19,22,23). The molecule has 9 nitrogen and oxygen atoms in total. The Morgan fingerprint density at radius 3 is 3.04 bits per heavy atom. The van der Waals surface area contributed by atoms with Gasteiger partial charge >= 0.3 is 14.3 Å². The lowest BCUT2D eigenvalue weighted by atomic mass is 10.1. The maximum atomic E-state index is 12.0. The van der Waals surface area contributed by atoms with E-state index in [1.807, 2.05) is 25.1 Å². The molecular weight excluding hydrogens is 387 g/mol. The van der Waals surface area contributed by atoms with Gasteiger partial charge in [-0.2, -0.15) is 0 Å². The highest BCUT2D eigenvalue weighted by atomic mass is 31.2. The number of aromatic amines is 1. The summed E-state index contributed by atoms with van der Waals surface area (Å²) in [5.41, 5.74) is 0.683. The molecule has 148 valence electrons. The van der Waals surface area contributed by atoms with Crippen molar-refractivity contribution >= 4 is 14.9 Å². The number of ether oxygens (including phenoxy) is 1. The molecule has 3 unspecified atom stereocenters. The van der Waals surface area contributed by atoms with Gasteiger partial charge in [-0.3, -0.25) is 28.2 Å². The normalized spacial score (nSPS) is 23.8. The summed E-state index contributed by atoms with van der Waals surface area (Å²) in [5, 5.41) is 0. The fraction of sp³-hybridized carbons (Fsp3) is 0.389. The maximum Gasteiger partial charge on any atom is 0.397 e. The number of benzene rings is 1. The van der Waals surface area contributed by atoms with Gasteiger partial charge in [-0.05, 0) is 25.8 Å². The van der Waals surface area contributed by atoms with Crippen LogP contribution in [-0.4, -0.2) is 28.5 Å². The Morgan fingerprint density at radius 2 is 2.21 bits per heavy atom. The number of hydrogen-bond acceptors (Lipinski definition) is 7. The zero-order valence-electron chi connectivity index (χ0n) is 15.1. The van der Waals surface area contributed by atoms with E-state index < -0.39 is 26.1 Å². The molecule has 1 aromatic carbocycles. The predicted octanol–water partition coefficient (Wildman–Crippen LogP) is 2.19. The summed E-state index contributed by atoms with van der Waals surface area (Å²) >= 11 is 0. The van der Waals surface area contributed by atoms with E-state index in [2.05, 4.69) is 4.98 Å². The Morgan fingerprint density at radius 1 is 1.36 bits per heavy atom. The number of aryl methyl sites for hydroxylation is 1. The zero-order valence-corrected chi connectivity index (χ0v) is 16.0. The number of hydrogen-bond donors (Lipinski definition) is 1. The van der Waals surface area contributed by atoms with Crippen molar-refractivity contribution in [3.8, 4) is 5.75 Å². The van der Waals surface area contributed by atoms with Crippen LogP contribution in [0, 0.1) is 6.92 Å². The number of fused-ring (bicyclic) bond motifs is 1. The van der Waals surface area contributed by atoms with Crippen LogP contribution in [0.25, 0.3) is 0 Å². The predicted molar refractivity (Wildman–Crippen MR) is 99.3 cm³/mol. The number of carbonyl (C=O) groups excluding carboxylic acids is 1. The van der Waals surface area contributed by atoms with Crippen molar-refractivity contribution in [1.82, 2.24) is 9.55 Å². The second-order valence-electron chi connectivity index (χ2n) is 6.65. The molecule has 2 aromatic rings. The molecule has 1 fully saturated rings. The number of nitrogens with one attached hydrogen (secondary N) is 1. The summed E-state index contributed by atoms with van der Waals surface area (Å²) in [5.74, 6) is 0.759. The summed E-state index contributed by atoms with van der Waals surface area (Å²) in [7, 11) is -1.51. The van der Waals surface area contributed by atoms with Gasteiger partial charge < -0.3 is 9.26 Å². The van der Waals surface area contributed by atoms with E-state index in [0.717, 1.165) is 16.9 Å². The SMILES string of the molecule is Cc1ccc2c(c1)COP(OCC1CCC(n3cc(C=O)c(=O)[nH]c3=O)O1)O2. The fourth-order valence-corrected chi connectivity index (χ4v) is 4.21. The topological polar surface area (TPSA) is 109 Å². The van der Waals surface area contributed by atoms with Gasteiger partial charge in [0.15, 0.2) is 6.29 Å². The van der Waals surface area contributed by atoms with Gasteiger partial charge in [0.1, 0.15) is 12.0 Å². The Kier molecular flexibility index (Phi) is 5.41. The summed E-state index contributed by atoms with van der Waals surface area (Å²) in [6.45, 7) is 2.69. The van der Waals surface area contributed by atoms with Gasteiger partial charge in [-0.25, -0.2) is 4.79 Å². The van der Waals surface area contributed by atoms with Gasteiger partial charge in [-0.15, -0.1) is 0 Å². The quantitative estimate of drug-likeness (QED) is 0.599. The Bertz CT molecular complexity index is 1000. The first-order valence-corrected chi connectivity index (χ1v) is 9.92. The molecule has 0 radical (unpaired) electrons. The third kappa shape index (κ3) is 3.93. The number of H-pyrrole nitrogens is 1. The van der Waals surface area contributed by atoms with Crippen molar-refractivity contribution in [2.75, 3.05) is 6.61 Å². The molecule has 0 bridgehead atoms. The first-order chi connectivity index (χ1) is 13.5. The fourth-order valence-electron chi connectivity index (χ4n) is 3.16. The van der Waals surface area contributed by atoms with E-state index in [4.69, 9.17) is 18.3 Å². The Hall–Kier alpha value is -2.32. The van der Waals surface area contributed by atoms with Crippen LogP contribution in [0.15, 0.2) is 34.0 Å². The number of carbonyl (C=O) groups is 1. The third-order valence-corrected chi connectivity index (χ3v) is 5.64. The van der Waals surface area contributed by atoms with Crippen molar-refractivity contribution in [1.29, 1.82) is 0 Å². The second-order valence-corrected chi connectivity index (χ2v) is 7.80. The number of nitrogens with zero attached hydrogens (tertiary/aromatic N) is 1. The van der Waals surface area contributed by atoms with Crippen molar-refractivity contribution in [2.45, 2.75) is 38.7 Å². The molecule has 0 spiro atoms. The minimum Gasteiger partial charge on any atom is -0.426 e. The summed E-state index contributed by atoms with van der Waals surface area (Å²) in [4.78, 5) is 36.5. The van der Waals surface area contributed by atoms with E-state index >= 15 is 0 Å². The highest BCUT2D eigenvalue weighted by Crippen LogP contribution is 2.47. The molecule has 1 saturated heterocycles. The Labute approximate surface area is 161 Å². The van der Waals surface area contributed by atoms with Crippen LogP contribution < -0.4 is 15.8 Å². The maximum absolute atomic E-state index is 12.0. The largest absolute Gasteiger partial charge is 0.426 e. The Balaban J connectivity index is 1.35. The van der Waals surface area contributed by atoms with Crippen LogP contribution >= 0.6 is 8.60 Å². The van der Waals surface area contributed by atoms with Crippen molar-refractivity contribution < 1.29 is 23.1 Å². The smallest absolute Gasteiger partial charge is 0.397 e.